The molecule has 2 nitrogen and oxygen atoms in total. The summed E-state index contributed by atoms with van der Waals surface area (Å²) in [6, 6.07) is 11.6. The van der Waals surface area contributed by atoms with E-state index in [4.69, 9.17) is 0 Å². The minimum Gasteiger partial charge on any atom is -0.284 e. The van der Waals surface area contributed by atoms with Crippen molar-refractivity contribution in [3.63, 3.8) is 0 Å². The monoisotopic (exact) mass is 188 g/mol. The predicted octanol–water partition coefficient (Wildman–Crippen LogP) is 1.78. The van der Waals surface area contributed by atoms with E-state index >= 15 is 0 Å². The Morgan fingerprint density at radius 1 is 1.29 bits per heavy atom. The van der Waals surface area contributed by atoms with Gasteiger partial charge in [0.1, 0.15) is 5.82 Å². The van der Waals surface area contributed by atoms with Crippen molar-refractivity contribution in [2.45, 2.75) is 0 Å². The SMILES string of the molecule is O=c1ccccn1-c1[c]ccc(F)c1. The fourth-order valence-electron chi connectivity index (χ4n) is 1.19. The van der Waals surface area contributed by atoms with Gasteiger partial charge in [0.15, 0.2) is 0 Å². The zero-order valence-corrected chi connectivity index (χ0v) is 7.27. The molecule has 0 atom stereocenters. The van der Waals surface area contributed by atoms with Crippen molar-refractivity contribution in [3.05, 3.63) is 64.8 Å². The van der Waals surface area contributed by atoms with Crippen LogP contribution in [-0.2, 0) is 0 Å². The van der Waals surface area contributed by atoms with Crippen molar-refractivity contribution in [1.29, 1.82) is 0 Å². The fraction of sp³-hybridized carbons (Fsp3) is 0. The summed E-state index contributed by atoms with van der Waals surface area (Å²) in [6.07, 6.45) is 1.58. The van der Waals surface area contributed by atoms with E-state index in [-0.39, 0.29) is 11.4 Å². The molecule has 1 radical (unpaired) electrons. The molecule has 69 valence electrons. The molecule has 1 heterocycles. The Morgan fingerprint density at radius 2 is 2.14 bits per heavy atom. The van der Waals surface area contributed by atoms with Crippen LogP contribution in [0.15, 0.2) is 47.4 Å². The van der Waals surface area contributed by atoms with Crippen molar-refractivity contribution < 1.29 is 4.39 Å². The van der Waals surface area contributed by atoms with E-state index in [0.29, 0.717) is 5.69 Å². The highest BCUT2D eigenvalue weighted by atomic mass is 19.1. The maximum absolute atomic E-state index is 12.8. The van der Waals surface area contributed by atoms with Gasteiger partial charge >= 0.3 is 0 Å². The Morgan fingerprint density at radius 3 is 2.86 bits per heavy atom. The van der Waals surface area contributed by atoms with Gasteiger partial charge < -0.3 is 0 Å². The first kappa shape index (κ1) is 8.69. The van der Waals surface area contributed by atoms with Crippen LogP contribution in [0.25, 0.3) is 5.69 Å². The average molecular weight is 188 g/mol. The second-order valence-electron chi connectivity index (χ2n) is 2.80. The van der Waals surface area contributed by atoms with Gasteiger partial charge in [-0.05, 0) is 24.3 Å². The van der Waals surface area contributed by atoms with Gasteiger partial charge in [-0.3, -0.25) is 9.36 Å². The molecule has 0 aliphatic carbocycles. The van der Waals surface area contributed by atoms with Crippen molar-refractivity contribution in [2.24, 2.45) is 0 Å². The maximum Gasteiger partial charge on any atom is 0.255 e. The molecule has 0 aliphatic rings. The van der Waals surface area contributed by atoms with Crippen LogP contribution >= 0.6 is 0 Å². The average Bonchev–Trinajstić information content (AvgIpc) is 2.18. The summed E-state index contributed by atoms with van der Waals surface area (Å²) in [6.45, 7) is 0. The van der Waals surface area contributed by atoms with Gasteiger partial charge in [-0.15, -0.1) is 0 Å². The Balaban J connectivity index is 2.61. The lowest BCUT2D eigenvalue weighted by atomic mass is 10.3. The van der Waals surface area contributed by atoms with Crippen molar-refractivity contribution in [3.8, 4) is 5.69 Å². The first-order valence-corrected chi connectivity index (χ1v) is 4.13. The van der Waals surface area contributed by atoms with Crippen LogP contribution in [0.5, 0.6) is 0 Å². The standard InChI is InChI=1S/C11H7FNO/c12-9-4-3-5-10(8-9)13-7-2-1-6-11(13)14/h1-4,6-8H. The van der Waals surface area contributed by atoms with Gasteiger partial charge in [0.05, 0.1) is 5.69 Å². The second kappa shape index (κ2) is 3.46. The highest BCUT2D eigenvalue weighted by Gasteiger charge is 1.98. The summed E-state index contributed by atoms with van der Waals surface area (Å²) >= 11 is 0. The number of hydrogen-bond donors (Lipinski definition) is 0. The Bertz CT molecular complexity index is 504. The second-order valence-corrected chi connectivity index (χ2v) is 2.80. The lowest BCUT2D eigenvalue weighted by Gasteiger charge is -2.03. The Labute approximate surface area is 80.2 Å². The predicted molar refractivity (Wildman–Crippen MR) is 50.8 cm³/mol. The molecule has 0 saturated carbocycles. The topological polar surface area (TPSA) is 22.0 Å². The van der Waals surface area contributed by atoms with Crippen LogP contribution < -0.4 is 5.56 Å². The van der Waals surface area contributed by atoms with Crippen LogP contribution in [0, 0.1) is 11.9 Å². The highest BCUT2D eigenvalue weighted by Crippen LogP contribution is 2.05. The molecule has 3 heteroatoms. The number of benzene rings is 1. The van der Waals surface area contributed by atoms with Gasteiger partial charge in [0, 0.05) is 18.3 Å². The molecule has 2 aromatic rings. The number of aromatic nitrogens is 1. The molecule has 0 N–H and O–H groups in total. The zero-order valence-electron chi connectivity index (χ0n) is 7.27. The highest BCUT2D eigenvalue weighted by molar-refractivity contribution is 5.30. The number of nitrogens with zero attached hydrogens (tertiary/aromatic N) is 1. The van der Waals surface area contributed by atoms with E-state index in [1.807, 2.05) is 0 Å². The van der Waals surface area contributed by atoms with Crippen molar-refractivity contribution in [2.75, 3.05) is 0 Å². The van der Waals surface area contributed by atoms with E-state index in [2.05, 4.69) is 6.07 Å². The lowest BCUT2D eigenvalue weighted by Crippen LogP contribution is -2.15. The molecule has 1 aromatic carbocycles. The minimum absolute atomic E-state index is 0.200. The molecule has 1 aromatic heterocycles. The van der Waals surface area contributed by atoms with E-state index in [9.17, 15) is 9.18 Å². The van der Waals surface area contributed by atoms with Gasteiger partial charge in [-0.1, -0.05) is 6.07 Å². The van der Waals surface area contributed by atoms with E-state index in [1.165, 1.54) is 28.8 Å². The normalized spacial score (nSPS) is 10.1. The Hall–Kier alpha value is -1.90. The molecule has 2 rings (SSSR count). The van der Waals surface area contributed by atoms with E-state index in [1.54, 1.807) is 18.3 Å². The number of halogens is 1. The van der Waals surface area contributed by atoms with Crippen molar-refractivity contribution in [1.82, 2.24) is 4.57 Å². The third kappa shape index (κ3) is 1.57. The first-order valence-electron chi connectivity index (χ1n) is 4.13. The molecular weight excluding hydrogens is 181 g/mol. The zero-order chi connectivity index (χ0) is 9.97. The number of pyridine rings is 1. The molecule has 0 amide bonds. The molecule has 14 heavy (non-hydrogen) atoms. The van der Waals surface area contributed by atoms with Crippen LogP contribution in [0.1, 0.15) is 0 Å². The summed E-state index contributed by atoms with van der Waals surface area (Å²) in [5.41, 5.74) is 0.213. The third-order valence-corrected chi connectivity index (χ3v) is 1.83. The minimum atomic E-state index is -0.380. The molecule has 0 fully saturated rings. The van der Waals surface area contributed by atoms with E-state index < -0.39 is 0 Å². The molecule has 0 bridgehead atoms. The summed E-state index contributed by atoms with van der Waals surface area (Å²) in [7, 11) is 0. The fourth-order valence-corrected chi connectivity index (χ4v) is 1.19. The summed E-state index contributed by atoms with van der Waals surface area (Å²) in [5, 5.41) is 0. The van der Waals surface area contributed by atoms with Gasteiger partial charge in [0.25, 0.3) is 5.56 Å². The number of rotatable bonds is 1. The van der Waals surface area contributed by atoms with Crippen LogP contribution in [0.2, 0.25) is 0 Å². The molecule has 0 spiro atoms. The molecule has 0 saturated heterocycles. The molecule has 0 unspecified atom stereocenters. The first-order chi connectivity index (χ1) is 6.77. The van der Waals surface area contributed by atoms with Gasteiger partial charge in [0.2, 0.25) is 0 Å². The van der Waals surface area contributed by atoms with Gasteiger partial charge in [-0.2, -0.15) is 0 Å². The van der Waals surface area contributed by atoms with Gasteiger partial charge in [-0.25, -0.2) is 4.39 Å². The largest absolute Gasteiger partial charge is 0.284 e. The van der Waals surface area contributed by atoms with Crippen LogP contribution in [0.4, 0.5) is 4.39 Å². The van der Waals surface area contributed by atoms with Crippen molar-refractivity contribution >= 4 is 0 Å². The summed E-state index contributed by atoms with van der Waals surface area (Å²) < 4.78 is 14.2. The molecular formula is C11H7FNO. The lowest BCUT2D eigenvalue weighted by molar-refractivity contribution is 0.626. The van der Waals surface area contributed by atoms with Crippen LogP contribution in [0.3, 0.4) is 0 Å². The summed E-state index contributed by atoms with van der Waals surface area (Å²) in [5.74, 6) is -0.380. The molecule has 0 aliphatic heterocycles. The van der Waals surface area contributed by atoms with E-state index in [0.717, 1.165) is 0 Å². The quantitative estimate of drug-likeness (QED) is 0.668. The Kier molecular flexibility index (Phi) is 2.14. The third-order valence-electron chi connectivity index (χ3n) is 1.83. The summed E-state index contributed by atoms with van der Waals surface area (Å²) in [4.78, 5) is 11.4. The smallest absolute Gasteiger partial charge is 0.255 e. The maximum atomic E-state index is 12.8. The van der Waals surface area contributed by atoms with Crippen LogP contribution in [-0.4, -0.2) is 4.57 Å². The number of hydrogen-bond acceptors (Lipinski definition) is 1.